The molecule has 1 aliphatic rings. The number of benzene rings is 2. The average molecular weight is 641 g/mol. The fourth-order valence-electron chi connectivity index (χ4n) is 5.44. The van der Waals surface area contributed by atoms with Gasteiger partial charge < -0.3 is 30.4 Å². The highest BCUT2D eigenvalue weighted by molar-refractivity contribution is 6.07. The molecule has 13 heteroatoms. The number of hydrogen-bond donors (Lipinski definition) is 3. The largest absolute Gasteiger partial charge is 0.469 e. The number of carbonyl (C=O) groups excluding carboxylic acids is 3. The number of imidazole rings is 1. The molecular weight excluding hydrogens is 600 g/mol. The van der Waals surface area contributed by atoms with Gasteiger partial charge in [0.05, 0.1) is 37.5 Å². The van der Waals surface area contributed by atoms with Gasteiger partial charge in [-0.15, -0.1) is 0 Å². The Morgan fingerprint density at radius 3 is 2.62 bits per heavy atom. The number of aryl methyl sites for hydroxylation is 1. The average Bonchev–Trinajstić information content (AvgIpc) is 3.70. The van der Waals surface area contributed by atoms with E-state index in [1.807, 2.05) is 41.9 Å². The molecule has 2 unspecified atom stereocenters. The van der Waals surface area contributed by atoms with Crippen molar-refractivity contribution in [2.45, 2.75) is 51.4 Å². The zero-order valence-corrected chi connectivity index (χ0v) is 26.8. The Balaban J connectivity index is 1.21. The Hall–Kier alpha value is -5.30. The van der Waals surface area contributed by atoms with Crippen LogP contribution in [0.25, 0.3) is 11.0 Å². The zero-order valence-electron chi connectivity index (χ0n) is 26.8. The van der Waals surface area contributed by atoms with Crippen molar-refractivity contribution in [3.63, 3.8) is 0 Å². The molecule has 2 aromatic carbocycles. The highest BCUT2D eigenvalue weighted by atomic mass is 16.6. The van der Waals surface area contributed by atoms with Gasteiger partial charge in [-0.2, -0.15) is 0 Å². The molecule has 2 aromatic heterocycles. The van der Waals surface area contributed by atoms with Crippen LogP contribution >= 0.6 is 0 Å². The van der Waals surface area contributed by atoms with E-state index in [0.717, 1.165) is 36.4 Å². The SMILES string of the molecule is COC(=O)CCN(C(=O)c1ccc2c(c1)nc(CNc1ccc(/C(N)=N/C(C)OC(=O)CC3CCCN3)cc1)n2C)c1ccccn1. The number of pyridine rings is 1. The number of ether oxygens (including phenoxy) is 2. The van der Waals surface area contributed by atoms with Crippen LogP contribution in [-0.2, 0) is 32.7 Å². The van der Waals surface area contributed by atoms with E-state index < -0.39 is 12.2 Å². The first kappa shape index (κ1) is 33.1. The number of carbonyl (C=O) groups is 3. The number of hydrogen-bond acceptors (Lipinski definition) is 10. The lowest BCUT2D eigenvalue weighted by Gasteiger charge is -2.21. The summed E-state index contributed by atoms with van der Waals surface area (Å²) in [7, 11) is 3.24. The second-order valence-corrected chi connectivity index (χ2v) is 11.3. The first-order valence-corrected chi connectivity index (χ1v) is 15.6. The maximum absolute atomic E-state index is 13.6. The summed E-state index contributed by atoms with van der Waals surface area (Å²) in [4.78, 5) is 52.5. The molecule has 0 aliphatic carbocycles. The van der Waals surface area contributed by atoms with Crippen LogP contribution < -0.4 is 21.3 Å². The summed E-state index contributed by atoms with van der Waals surface area (Å²) in [5.74, 6) is 0.490. The summed E-state index contributed by atoms with van der Waals surface area (Å²) >= 11 is 0. The lowest BCUT2D eigenvalue weighted by Crippen LogP contribution is -2.33. The molecule has 1 saturated heterocycles. The van der Waals surface area contributed by atoms with Gasteiger partial charge in [-0.1, -0.05) is 6.07 Å². The summed E-state index contributed by atoms with van der Waals surface area (Å²) in [5, 5.41) is 6.66. The summed E-state index contributed by atoms with van der Waals surface area (Å²) in [6, 6.07) is 18.3. The molecule has 1 aliphatic heterocycles. The molecule has 4 aromatic rings. The van der Waals surface area contributed by atoms with Crippen molar-refractivity contribution in [1.82, 2.24) is 19.9 Å². The zero-order chi connectivity index (χ0) is 33.3. The van der Waals surface area contributed by atoms with E-state index in [4.69, 9.17) is 20.2 Å². The standard InChI is InChI=1S/C34H40N8O5/c1-22(47-32(44)20-26-7-6-17-36-26)39-33(35)23-9-12-25(13-10-23)38-21-30-40-27-19-24(11-14-28(27)41(30)2)34(45)42(18-15-31(43)46-3)29-8-4-5-16-37-29/h4-5,8-14,16,19,22,26,36,38H,6-7,15,17-18,20-21H2,1-3H3,(H2,35,39). The van der Waals surface area contributed by atoms with E-state index in [1.165, 1.54) is 12.0 Å². The Bertz CT molecular complexity index is 1730. The monoisotopic (exact) mass is 640 g/mol. The Kier molecular flexibility index (Phi) is 10.8. The third-order valence-corrected chi connectivity index (χ3v) is 7.99. The molecule has 0 bridgehead atoms. The molecule has 1 fully saturated rings. The van der Waals surface area contributed by atoms with E-state index in [2.05, 4.69) is 20.6 Å². The van der Waals surface area contributed by atoms with Crippen molar-refractivity contribution in [3.8, 4) is 0 Å². The van der Waals surface area contributed by atoms with Crippen molar-refractivity contribution in [1.29, 1.82) is 0 Å². The van der Waals surface area contributed by atoms with Crippen LogP contribution in [0.2, 0.25) is 0 Å². The number of aliphatic imine (C=N–C) groups is 1. The van der Waals surface area contributed by atoms with Crippen LogP contribution in [0.15, 0.2) is 71.9 Å². The van der Waals surface area contributed by atoms with Gasteiger partial charge in [0.2, 0.25) is 0 Å². The van der Waals surface area contributed by atoms with E-state index in [1.54, 1.807) is 43.5 Å². The van der Waals surface area contributed by atoms with Gasteiger partial charge in [0.1, 0.15) is 17.5 Å². The second-order valence-electron chi connectivity index (χ2n) is 11.3. The molecule has 4 N–H and O–H groups in total. The number of amidine groups is 1. The summed E-state index contributed by atoms with van der Waals surface area (Å²) in [6.45, 7) is 3.18. The van der Waals surface area contributed by atoms with Crippen LogP contribution in [0.3, 0.4) is 0 Å². The van der Waals surface area contributed by atoms with Crippen LogP contribution in [0.1, 0.15) is 54.4 Å². The second kappa shape index (κ2) is 15.3. The maximum Gasteiger partial charge on any atom is 0.309 e. The van der Waals surface area contributed by atoms with Crippen molar-refractivity contribution in [2.24, 2.45) is 17.8 Å². The Labute approximate surface area is 273 Å². The summed E-state index contributed by atoms with van der Waals surface area (Å²) in [5.41, 5.74) is 9.72. The quantitative estimate of drug-likeness (QED) is 0.112. The number of methoxy groups -OCH3 is 1. The van der Waals surface area contributed by atoms with Crippen molar-refractivity contribution in [3.05, 3.63) is 83.8 Å². The lowest BCUT2D eigenvalue weighted by atomic mass is 10.1. The number of esters is 2. The van der Waals surface area contributed by atoms with Crippen molar-refractivity contribution in [2.75, 3.05) is 30.4 Å². The van der Waals surface area contributed by atoms with E-state index >= 15 is 0 Å². The lowest BCUT2D eigenvalue weighted by molar-refractivity contribution is -0.148. The molecule has 0 saturated carbocycles. The number of fused-ring (bicyclic) bond motifs is 1. The third kappa shape index (κ3) is 8.50. The number of rotatable bonds is 13. The molecular formula is C34H40N8O5. The number of nitrogens with one attached hydrogen (secondary N) is 2. The predicted octanol–water partition coefficient (Wildman–Crippen LogP) is 3.53. The number of nitrogens with zero attached hydrogens (tertiary/aromatic N) is 5. The molecule has 47 heavy (non-hydrogen) atoms. The van der Waals surface area contributed by atoms with Gasteiger partial charge in [-0.3, -0.25) is 19.3 Å². The highest BCUT2D eigenvalue weighted by Gasteiger charge is 2.22. The topological polar surface area (TPSA) is 166 Å². The minimum absolute atomic E-state index is 0.0355. The van der Waals surface area contributed by atoms with Crippen molar-refractivity contribution >= 4 is 46.2 Å². The predicted molar refractivity (Wildman–Crippen MR) is 179 cm³/mol. The molecule has 3 heterocycles. The normalized spacial score (nSPS) is 15.3. The number of nitrogens with two attached hydrogens (primary N) is 1. The van der Waals surface area contributed by atoms with Gasteiger partial charge in [-0.25, -0.2) is 15.0 Å². The highest BCUT2D eigenvalue weighted by Crippen LogP contribution is 2.21. The molecule has 1 amide bonds. The fourth-order valence-corrected chi connectivity index (χ4v) is 5.44. The molecule has 5 rings (SSSR count). The minimum Gasteiger partial charge on any atom is -0.469 e. The minimum atomic E-state index is -0.687. The van der Waals surface area contributed by atoms with Gasteiger partial charge in [0.15, 0.2) is 6.23 Å². The molecule has 0 spiro atoms. The Morgan fingerprint density at radius 2 is 1.91 bits per heavy atom. The maximum atomic E-state index is 13.6. The number of amides is 1. The van der Waals surface area contributed by atoms with Gasteiger partial charge in [0, 0.05) is 42.6 Å². The summed E-state index contributed by atoms with van der Waals surface area (Å²) < 4.78 is 12.2. The van der Waals surface area contributed by atoms with Crippen LogP contribution in [-0.4, -0.2) is 70.7 Å². The van der Waals surface area contributed by atoms with Crippen molar-refractivity contribution < 1.29 is 23.9 Å². The molecule has 2 atom stereocenters. The molecule has 13 nitrogen and oxygen atoms in total. The van der Waals surface area contributed by atoms with E-state index in [0.29, 0.717) is 35.4 Å². The van der Waals surface area contributed by atoms with Gasteiger partial charge in [0.25, 0.3) is 5.91 Å². The van der Waals surface area contributed by atoms with Gasteiger partial charge in [-0.05, 0) is 80.9 Å². The van der Waals surface area contributed by atoms with Crippen LogP contribution in [0.5, 0.6) is 0 Å². The van der Waals surface area contributed by atoms with Crippen LogP contribution in [0, 0.1) is 0 Å². The first-order chi connectivity index (χ1) is 22.7. The van der Waals surface area contributed by atoms with E-state index in [-0.39, 0.29) is 36.7 Å². The van der Waals surface area contributed by atoms with E-state index in [9.17, 15) is 14.4 Å². The third-order valence-electron chi connectivity index (χ3n) is 7.99. The molecule has 246 valence electrons. The Morgan fingerprint density at radius 1 is 1.13 bits per heavy atom. The smallest absolute Gasteiger partial charge is 0.309 e. The first-order valence-electron chi connectivity index (χ1n) is 15.6. The fraction of sp³-hybridized carbons (Fsp3) is 0.353. The number of aromatic nitrogens is 3. The van der Waals surface area contributed by atoms with Gasteiger partial charge >= 0.3 is 11.9 Å². The number of anilines is 2. The van der Waals surface area contributed by atoms with Crippen LogP contribution in [0.4, 0.5) is 11.5 Å². The summed E-state index contributed by atoms with van der Waals surface area (Å²) in [6.07, 6.45) is 3.32. The molecule has 0 radical (unpaired) electrons.